The van der Waals surface area contributed by atoms with Gasteiger partial charge in [0.05, 0.1) is 22.3 Å². The van der Waals surface area contributed by atoms with Crippen LogP contribution >= 0.6 is 23.2 Å². The zero-order valence-corrected chi connectivity index (χ0v) is 22.0. The number of nitrogens with zero attached hydrogens (tertiary/aromatic N) is 2. The summed E-state index contributed by atoms with van der Waals surface area (Å²) in [6, 6.07) is 13.1. The Hall–Kier alpha value is -2.28. The number of anilines is 2. The first kappa shape index (κ1) is 25.8. The summed E-state index contributed by atoms with van der Waals surface area (Å²) in [5.41, 5.74) is 2.89. The standard InChI is InChI=1S/C27H34Cl2N4O2/c1-27(2)12-16-32(17-13-27)18-24(34)30-21-8-6-19(7-9-21)20-10-14-33(15-11-20)26(35)31-25-22(28)4-3-5-23(25)29/h3-9,20H,10-18H2,1-2H3,(H,30,34)(H,31,35). The molecule has 2 heterocycles. The minimum absolute atomic E-state index is 0.0374. The van der Waals surface area contributed by atoms with Crippen LogP contribution in [-0.4, -0.2) is 54.5 Å². The summed E-state index contributed by atoms with van der Waals surface area (Å²) in [4.78, 5) is 29.2. The van der Waals surface area contributed by atoms with Gasteiger partial charge in [0.25, 0.3) is 0 Å². The molecule has 2 N–H and O–H groups in total. The first-order valence-electron chi connectivity index (χ1n) is 12.3. The lowest BCUT2D eigenvalue weighted by Gasteiger charge is -2.36. The number of benzene rings is 2. The third-order valence-electron chi connectivity index (χ3n) is 7.22. The van der Waals surface area contributed by atoms with Gasteiger partial charge in [0.1, 0.15) is 0 Å². The number of nitrogens with one attached hydrogen (secondary N) is 2. The van der Waals surface area contributed by atoms with Crippen molar-refractivity contribution in [2.75, 3.05) is 43.4 Å². The molecule has 0 aliphatic carbocycles. The lowest BCUT2D eigenvalue weighted by Crippen LogP contribution is -2.41. The summed E-state index contributed by atoms with van der Waals surface area (Å²) < 4.78 is 0. The van der Waals surface area contributed by atoms with Crippen LogP contribution in [0.25, 0.3) is 0 Å². The van der Waals surface area contributed by atoms with Crippen molar-refractivity contribution in [3.05, 3.63) is 58.1 Å². The largest absolute Gasteiger partial charge is 0.325 e. The second-order valence-corrected chi connectivity index (χ2v) is 11.2. The van der Waals surface area contributed by atoms with Crippen molar-refractivity contribution >= 4 is 46.5 Å². The van der Waals surface area contributed by atoms with E-state index in [1.165, 1.54) is 5.56 Å². The molecule has 0 aromatic heterocycles. The second-order valence-electron chi connectivity index (χ2n) is 10.4. The van der Waals surface area contributed by atoms with Crippen molar-refractivity contribution in [3.8, 4) is 0 Å². The summed E-state index contributed by atoms with van der Waals surface area (Å²) in [6.07, 6.45) is 4.01. The van der Waals surface area contributed by atoms with Gasteiger partial charge in [-0.05, 0) is 79.9 Å². The molecule has 0 spiro atoms. The van der Waals surface area contributed by atoms with E-state index >= 15 is 0 Å². The number of carbonyl (C=O) groups is 2. The van der Waals surface area contributed by atoms with Crippen LogP contribution in [0.5, 0.6) is 0 Å². The monoisotopic (exact) mass is 516 g/mol. The Morgan fingerprint density at radius 1 is 0.914 bits per heavy atom. The predicted octanol–water partition coefficient (Wildman–Crippen LogP) is 6.47. The molecular weight excluding hydrogens is 483 g/mol. The van der Waals surface area contributed by atoms with E-state index in [-0.39, 0.29) is 11.9 Å². The average Bonchev–Trinajstić information content (AvgIpc) is 2.83. The Morgan fingerprint density at radius 3 is 2.11 bits per heavy atom. The molecule has 6 nitrogen and oxygen atoms in total. The van der Waals surface area contributed by atoms with E-state index in [1.54, 1.807) is 23.1 Å². The van der Waals surface area contributed by atoms with Gasteiger partial charge >= 0.3 is 6.03 Å². The summed E-state index contributed by atoms with van der Waals surface area (Å²) >= 11 is 12.3. The minimum Gasteiger partial charge on any atom is -0.325 e. The van der Waals surface area contributed by atoms with E-state index in [0.29, 0.717) is 46.7 Å². The van der Waals surface area contributed by atoms with Crippen molar-refractivity contribution in [2.24, 2.45) is 5.41 Å². The SMILES string of the molecule is CC1(C)CCN(CC(=O)Nc2ccc(C3CCN(C(=O)Nc4c(Cl)cccc4Cl)CC3)cc2)CC1. The number of piperidine rings is 2. The minimum atomic E-state index is -0.186. The molecule has 2 aliphatic heterocycles. The number of likely N-dealkylation sites (tertiary alicyclic amines) is 2. The second kappa shape index (κ2) is 11.2. The van der Waals surface area contributed by atoms with Gasteiger partial charge in [-0.1, -0.05) is 55.2 Å². The number of rotatable bonds is 5. The zero-order chi connectivity index (χ0) is 25.0. The Kier molecular flexibility index (Phi) is 8.25. The van der Waals surface area contributed by atoms with Gasteiger partial charge in [-0.25, -0.2) is 4.79 Å². The molecule has 0 saturated carbocycles. The van der Waals surface area contributed by atoms with Gasteiger partial charge in [0.2, 0.25) is 5.91 Å². The predicted molar refractivity (Wildman–Crippen MR) is 144 cm³/mol. The number of amides is 3. The van der Waals surface area contributed by atoms with E-state index in [0.717, 1.165) is 44.5 Å². The van der Waals surface area contributed by atoms with Gasteiger partial charge in [-0.2, -0.15) is 0 Å². The average molecular weight is 518 g/mol. The van der Waals surface area contributed by atoms with Crippen molar-refractivity contribution in [1.29, 1.82) is 0 Å². The Bertz CT molecular complexity index is 1020. The van der Waals surface area contributed by atoms with Crippen molar-refractivity contribution < 1.29 is 9.59 Å². The lowest BCUT2D eigenvalue weighted by molar-refractivity contribution is -0.117. The molecule has 2 aromatic rings. The number of hydrogen-bond donors (Lipinski definition) is 2. The first-order valence-corrected chi connectivity index (χ1v) is 13.1. The van der Waals surface area contributed by atoms with Crippen LogP contribution < -0.4 is 10.6 Å². The van der Waals surface area contributed by atoms with Crippen LogP contribution in [0.1, 0.15) is 51.0 Å². The van der Waals surface area contributed by atoms with E-state index in [2.05, 4.69) is 41.5 Å². The number of carbonyl (C=O) groups excluding carboxylic acids is 2. The smallest absolute Gasteiger partial charge is 0.321 e. The van der Waals surface area contributed by atoms with Crippen LogP contribution in [0.2, 0.25) is 10.0 Å². The summed E-state index contributed by atoms with van der Waals surface area (Å²) in [7, 11) is 0. The normalized spacial score (nSPS) is 18.8. The van der Waals surface area contributed by atoms with Crippen molar-refractivity contribution in [1.82, 2.24) is 9.80 Å². The number of hydrogen-bond acceptors (Lipinski definition) is 3. The topological polar surface area (TPSA) is 64.7 Å². The number of halogens is 2. The van der Waals surface area contributed by atoms with Crippen LogP contribution in [0, 0.1) is 5.41 Å². The quantitative estimate of drug-likeness (QED) is 0.478. The van der Waals surface area contributed by atoms with Gasteiger partial charge < -0.3 is 15.5 Å². The summed E-state index contributed by atoms with van der Waals surface area (Å²) in [5.74, 6) is 0.416. The third-order valence-corrected chi connectivity index (χ3v) is 7.85. The van der Waals surface area contributed by atoms with Gasteiger partial charge in [0.15, 0.2) is 0 Å². The molecule has 3 amide bonds. The molecule has 4 rings (SSSR count). The highest BCUT2D eigenvalue weighted by Gasteiger charge is 2.27. The summed E-state index contributed by atoms with van der Waals surface area (Å²) in [6.45, 7) is 8.29. The van der Waals surface area contributed by atoms with E-state index in [4.69, 9.17) is 23.2 Å². The molecule has 2 saturated heterocycles. The molecule has 188 valence electrons. The Balaban J connectivity index is 1.24. The molecule has 35 heavy (non-hydrogen) atoms. The molecule has 2 aromatic carbocycles. The lowest BCUT2D eigenvalue weighted by atomic mass is 9.83. The van der Waals surface area contributed by atoms with E-state index in [1.807, 2.05) is 12.1 Å². The van der Waals surface area contributed by atoms with Gasteiger partial charge in [-0.3, -0.25) is 9.69 Å². The maximum atomic E-state index is 12.7. The molecule has 8 heteroatoms. The van der Waals surface area contributed by atoms with Crippen LogP contribution in [0.3, 0.4) is 0 Å². The van der Waals surface area contributed by atoms with Crippen LogP contribution in [0.15, 0.2) is 42.5 Å². The maximum Gasteiger partial charge on any atom is 0.321 e. The Labute approximate surface area is 217 Å². The molecule has 0 atom stereocenters. The van der Waals surface area contributed by atoms with Gasteiger partial charge in [0, 0.05) is 18.8 Å². The highest BCUT2D eigenvalue weighted by molar-refractivity contribution is 6.39. The molecular formula is C27H34Cl2N4O2. The number of para-hydroxylation sites is 1. The van der Waals surface area contributed by atoms with E-state index < -0.39 is 0 Å². The fraction of sp³-hybridized carbons (Fsp3) is 0.481. The fourth-order valence-corrected chi connectivity index (χ4v) is 5.27. The highest BCUT2D eigenvalue weighted by Crippen LogP contribution is 2.32. The molecule has 2 aliphatic rings. The highest BCUT2D eigenvalue weighted by atomic mass is 35.5. The first-order chi connectivity index (χ1) is 16.7. The number of urea groups is 1. The molecule has 0 radical (unpaired) electrons. The fourth-order valence-electron chi connectivity index (χ4n) is 4.78. The van der Waals surface area contributed by atoms with Gasteiger partial charge in [-0.15, -0.1) is 0 Å². The molecule has 0 unspecified atom stereocenters. The van der Waals surface area contributed by atoms with Crippen LogP contribution in [-0.2, 0) is 4.79 Å². The zero-order valence-electron chi connectivity index (χ0n) is 20.4. The third kappa shape index (κ3) is 6.90. The van der Waals surface area contributed by atoms with Crippen molar-refractivity contribution in [3.63, 3.8) is 0 Å². The molecule has 2 fully saturated rings. The molecule has 0 bridgehead atoms. The summed E-state index contributed by atoms with van der Waals surface area (Å²) in [5, 5.41) is 6.72. The van der Waals surface area contributed by atoms with Crippen LogP contribution in [0.4, 0.5) is 16.2 Å². The Morgan fingerprint density at radius 2 is 1.51 bits per heavy atom. The maximum absolute atomic E-state index is 12.7. The van der Waals surface area contributed by atoms with E-state index in [9.17, 15) is 9.59 Å². The van der Waals surface area contributed by atoms with Crippen molar-refractivity contribution in [2.45, 2.75) is 45.4 Å².